The molecule has 2 fully saturated rings. The van der Waals surface area contributed by atoms with Gasteiger partial charge >= 0.3 is 0 Å². The summed E-state index contributed by atoms with van der Waals surface area (Å²) in [5, 5.41) is 6.30. The van der Waals surface area contributed by atoms with Gasteiger partial charge in [-0.05, 0) is 26.2 Å². The Morgan fingerprint density at radius 2 is 2.08 bits per heavy atom. The van der Waals surface area contributed by atoms with Gasteiger partial charge in [-0.25, -0.2) is 0 Å². The predicted octanol–water partition coefficient (Wildman–Crippen LogP) is 0.463. The number of hydrogen-bond donors (Lipinski definition) is 2. The molecule has 1 saturated heterocycles. The van der Waals surface area contributed by atoms with Crippen LogP contribution in [0.2, 0.25) is 0 Å². The number of hydrogen-bond acceptors (Lipinski definition) is 4. The Labute approximate surface area is 145 Å². The van der Waals surface area contributed by atoms with Crippen LogP contribution in [0.15, 0.2) is 4.99 Å². The van der Waals surface area contributed by atoms with Crippen molar-refractivity contribution >= 4 is 11.9 Å². The van der Waals surface area contributed by atoms with Crippen LogP contribution < -0.4 is 10.6 Å². The van der Waals surface area contributed by atoms with Crippen molar-refractivity contribution in [2.24, 2.45) is 16.8 Å². The molecule has 0 aromatic heterocycles. The molecule has 7 nitrogen and oxygen atoms in total. The average Bonchev–Trinajstić information content (AvgIpc) is 3.33. The smallest absolute Gasteiger partial charge is 0.223 e. The lowest BCUT2D eigenvalue weighted by atomic mass is 10.1. The number of carbonyl (C=O) groups is 1. The molecule has 2 aliphatic rings. The van der Waals surface area contributed by atoms with Gasteiger partial charge in [-0.15, -0.1) is 0 Å². The Morgan fingerprint density at radius 1 is 1.25 bits per heavy atom. The van der Waals surface area contributed by atoms with Crippen LogP contribution in [0.25, 0.3) is 0 Å². The summed E-state index contributed by atoms with van der Waals surface area (Å²) in [7, 11) is 1.69. The van der Waals surface area contributed by atoms with Gasteiger partial charge in [0.1, 0.15) is 0 Å². The maximum atomic E-state index is 11.6. The van der Waals surface area contributed by atoms with E-state index in [9.17, 15) is 4.79 Å². The first kappa shape index (κ1) is 19.0. The van der Waals surface area contributed by atoms with E-state index in [0.717, 1.165) is 51.5 Å². The van der Waals surface area contributed by atoms with Crippen LogP contribution in [0.4, 0.5) is 0 Å². The number of methoxy groups -OCH3 is 1. The van der Waals surface area contributed by atoms with E-state index in [1.807, 2.05) is 0 Å². The van der Waals surface area contributed by atoms with Gasteiger partial charge in [0.15, 0.2) is 5.96 Å². The summed E-state index contributed by atoms with van der Waals surface area (Å²) in [5.41, 5.74) is 0. The molecular weight excluding hydrogens is 308 g/mol. The number of guanidine groups is 1. The van der Waals surface area contributed by atoms with E-state index in [4.69, 9.17) is 9.47 Å². The number of ether oxygens (including phenoxy) is 2. The zero-order valence-electron chi connectivity index (χ0n) is 15.1. The lowest BCUT2D eigenvalue weighted by Crippen LogP contribution is -2.41. The van der Waals surface area contributed by atoms with E-state index in [-0.39, 0.29) is 11.8 Å². The summed E-state index contributed by atoms with van der Waals surface area (Å²) < 4.78 is 10.6. The molecule has 0 radical (unpaired) electrons. The largest absolute Gasteiger partial charge is 0.382 e. The number of nitrogens with zero attached hydrogens (tertiary/aromatic N) is 2. The number of aliphatic imine (C=N–C) groups is 1. The highest BCUT2D eigenvalue weighted by atomic mass is 16.5. The van der Waals surface area contributed by atoms with E-state index in [1.54, 1.807) is 7.11 Å². The molecule has 7 heteroatoms. The van der Waals surface area contributed by atoms with Crippen molar-refractivity contribution in [2.75, 3.05) is 59.7 Å². The highest BCUT2D eigenvalue weighted by Gasteiger charge is 2.29. The molecular formula is C17H32N4O3. The second kappa shape index (κ2) is 10.5. The van der Waals surface area contributed by atoms with Gasteiger partial charge in [-0.1, -0.05) is 0 Å². The van der Waals surface area contributed by atoms with Crippen LogP contribution in [0, 0.1) is 11.8 Å². The molecule has 1 aliphatic carbocycles. The number of nitrogens with one attached hydrogen (secondary N) is 2. The molecule has 0 aromatic rings. The fourth-order valence-corrected chi connectivity index (χ4v) is 2.81. The Kier molecular flexibility index (Phi) is 8.32. The van der Waals surface area contributed by atoms with Gasteiger partial charge < -0.3 is 25.0 Å². The molecule has 138 valence electrons. The van der Waals surface area contributed by atoms with Gasteiger partial charge in [0.25, 0.3) is 0 Å². The molecule has 1 amide bonds. The zero-order valence-corrected chi connectivity index (χ0v) is 15.1. The van der Waals surface area contributed by atoms with Crippen molar-refractivity contribution in [3.63, 3.8) is 0 Å². The first-order valence-electron chi connectivity index (χ1n) is 9.12. The van der Waals surface area contributed by atoms with Gasteiger partial charge in [-0.2, -0.15) is 0 Å². The monoisotopic (exact) mass is 340 g/mol. The number of carbonyl (C=O) groups excluding carboxylic acids is 1. The SMILES string of the molecule is CCNC(=NCCNC(=O)C1CC1)N1CCC(COCCOC)C1. The van der Waals surface area contributed by atoms with Crippen LogP contribution in [0.5, 0.6) is 0 Å². The summed E-state index contributed by atoms with van der Waals surface area (Å²) in [4.78, 5) is 18.5. The second-order valence-electron chi connectivity index (χ2n) is 6.47. The Morgan fingerprint density at radius 3 is 2.79 bits per heavy atom. The number of amides is 1. The molecule has 0 spiro atoms. The quantitative estimate of drug-likeness (QED) is 0.343. The third-order valence-electron chi connectivity index (χ3n) is 4.33. The van der Waals surface area contributed by atoms with E-state index in [1.165, 1.54) is 0 Å². The van der Waals surface area contributed by atoms with Gasteiger partial charge in [0.05, 0.1) is 26.4 Å². The van der Waals surface area contributed by atoms with Gasteiger partial charge in [0.2, 0.25) is 5.91 Å². The summed E-state index contributed by atoms with van der Waals surface area (Å²) in [6.07, 6.45) is 3.20. The van der Waals surface area contributed by atoms with Crippen molar-refractivity contribution in [3.8, 4) is 0 Å². The van der Waals surface area contributed by atoms with E-state index in [0.29, 0.717) is 32.2 Å². The lowest BCUT2D eigenvalue weighted by molar-refractivity contribution is -0.122. The third kappa shape index (κ3) is 6.65. The predicted molar refractivity (Wildman–Crippen MR) is 94.1 cm³/mol. The number of likely N-dealkylation sites (tertiary alicyclic amines) is 1. The maximum Gasteiger partial charge on any atom is 0.223 e. The maximum absolute atomic E-state index is 11.6. The second-order valence-corrected chi connectivity index (χ2v) is 6.47. The summed E-state index contributed by atoms with van der Waals surface area (Å²) in [5.74, 6) is 1.93. The van der Waals surface area contributed by atoms with Crippen molar-refractivity contribution in [1.29, 1.82) is 0 Å². The lowest BCUT2D eigenvalue weighted by Gasteiger charge is -2.21. The van der Waals surface area contributed by atoms with Crippen LogP contribution in [0.1, 0.15) is 26.2 Å². The fourth-order valence-electron chi connectivity index (χ4n) is 2.81. The molecule has 1 heterocycles. The summed E-state index contributed by atoms with van der Waals surface area (Å²) in [6.45, 7) is 8.19. The Balaban J connectivity index is 1.68. The molecule has 2 N–H and O–H groups in total. The topological polar surface area (TPSA) is 75.2 Å². The molecule has 2 rings (SSSR count). The molecule has 1 atom stereocenters. The molecule has 0 bridgehead atoms. The van der Waals surface area contributed by atoms with Crippen LogP contribution in [0.3, 0.4) is 0 Å². The van der Waals surface area contributed by atoms with Crippen LogP contribution >= 0.6 is 0 Å². The first-order valence-corrected chi connectivity index (χ1v) is 9.12. The van der Waals surface area contributed by atoms with Crippen LogP contribution in [-0.2, 0) is 14.3 Å². The van der Waals surface area contributed by atoms with Crippen molar-refractivity contribution in [2.45, 2.75) is 26.2 Å². The van der Waals surface area contributed by atoms with Crippen LogP contribution in [-0.4, -0.2) is 76.4 Å². The molecule has 0 aromatic carbocycles. The van der Waals surface area contributed by atoms with Gasteiger partial charge in [-0.3, -0.25) is 9.79 Å². The van der Waals surface area contributed by atoms with Gasteiger partial charge in [0, 0.05) is 45.1 Å². The Hall–Kier alpha value is -1.34. The molecule has 1 saturated carbocycles. The minimum Gasteiger partial charge on any atom is -0.382 e. The highest BCUT2D eigenvalue weighted by Crippen LogP contribution is 2.28. The van der Waals surface area contributed by atoms with Crippen molar-refractivity contribution < 1.29 is 14.3 Å². The zero-order chi connectivity index (χ0) is 17.2. The third-order valence-corrected chi connectivity index (χ3v) is 4.33. The minimum absolute atomic E-state index is 0.185. The van der Waals surface area contributed by atoms with Crippen molar-refractivity contribution in [3.05, 3.63) is 0 Å². The highest BCUT2D eigenvalue weighted by molar-refractivity contribution is 5.81. The van der Waals surface area contributed by atoms with E-state index < -0.39 is 0 Å². The standard InChI is InChI=1S/C17H32N4O3/c1-3-18-17(20-8-7-19-16(22)15-4-5-15)21-9-6-14(12-21)13-24-11-10-23-2/h14-15H,3-13H2,1-2H3,(H,18,20)(H,19,22). The Bertz CT molecular complexity index is 413. The number of rotatable bonds is 10. The van der Waals surface area contributed by atoms with E-state index >= 15 is 0 Å². The van der Waals surface area contributed by atoms with Crippen molar-refractivity contribution in [1.82, 2.24) is 15.5 Å². The first-order chi connectivity index (χ1) is 11.7. The van der Waals surface area contributed by atoms with E-state index in [2.05, 4.69) is 27.4 Å². The minimum atomic E-state index is 0.185. The molecule has 1 unspecified atom stereocenters. The molecule has 24 heavy (non-hydrogen) atoms. The summed E-state index contributed by atoms with van der Waals surface area (Å²) in [6, 6.07) is 0. The normalized spacial score (nSPS) is 21.2. The fraction of sp³-hybridized carbons (Fsp3) is 0.882. The summed E-state index contributed by atoms with van der Waals surface area (Å²) >= 11 is 0. The molecule has 1 aliphatic heterocycles. The average molecular weight is 340 g/mol.